The number of nitrogens with zero attached hydrogens (tertiary/aromatic N) is 3. The summed E-state index contributed by atoms with van der Waals surface area (Å²) in [6.45, 7) is 4.90. The number of piperazine rings is 1. The third kappa shape index (κ3) is 3.53. The van der Waals surface area contributed by atoms with Gasteiger partial charge in [-0.2, -0.15) is 4.98 Å². The summed E-state index contributed by atoms with van der Waals surface area (Å²) in [5.74, 6) is 2.21. The normalized spacial score (nSPS) is 18.5. The molecule has 1 atom stereocenters. The minimum atomic E-state index is 0. The van der Waals surface area contributed by atoms with E-state index in [0.29, 0.717) is 5.89 Å². The minimum Gasteiger partial charge on any atom is -0.460 e. The van der Waals surface area contributed by atoms with Crippen molar-refractivity contribution in [3.63, 3.8) is 0 Å². The first kappa shape index (κ1) is 18.6. The van der Waals surface area contributed by atoms with E-state index in [2.05, 4.69) is 40.4 Å². The maximum Gasteiger partial charge on any atom is 0.250 e. The highest BCUT2D eigenvalue weighted by Gasteiger charge is 2.24. The van der Waals surface area contributed by atoms with Crippen LogP contribution in [0.2, 0.25) is 0 Å². The van der Waals surface area contributed by atoms with Crippen LogP contribution in [0.3, 0.4) is 0 Å². The Labute approximate surface area is 158 Å². The Morgan fingerprint density at radius 2 is 2.15 bits per heavy atom. The summed E-state index contributed by atoms with van der Waals surface area (Å²) in [7, 11) is 2.09. The molecule has 1 fully saturated rings. The molecule has 138 valence electrons. The van der Waals surface area contributed by atoms with Crippen molar-refractivity contribution >= 4 is 35.5 Å². The molecule has 4 rings (SSSR count). The topological polar surface area (TPSA) is 67.3 Å². The van der Waals surface area contributed by atoms with Gasteiger partial charge in [0.05, 0.1) is 6.04 Å². The molecule has 3 heterocycles. The maximum atomic E-state index is 5.92. The fraction of sp³-hybridized carbons (Fsp3) is 0.368. The number of hydrogen-bond donors (Lipinski definition) is 1. The van der Waals surface area contributed by atoms with Gasteiger partial charge in [-0.1, -0.05) is 30.3 Å². The number of furan rings is 1. The molecule has 0 amide bonds. The van der Waals surface area contributed by atoms with Gasteiger partial charge in [0.15, 0.2) is 5.82 Å². The van der Waals surface area contributed by atoms with Crippen LogP contribution in [0.15, 0.2) is 33.2 Å². The summed E-state index contributed by atoms with van der Waals surface area (Å²) >= 11 is 0. The number of hydrogen-bond acceptors (Lipinski definition) is 6. The third-order valence-corrected chi connectivity index (χ3v) is 4.69. The monoisotopic (exact) mass is 374 g/mol. The van der Waals surface area contributed by atoms with Crippen molar-refractivity contribution < 1.29 is 8.94 Å². The number of halogens is 1. The highest BCUT2D eigenvalue weighted by atomic mass is 35.5. The van der Waals surface area contributed by atoms with Gasteiger partial charge < -0.3 is 14.3 Å². The van der Waals surface area contributed by atoms with E-state index in [9.17, 15) is 0 Å². The van der Waals surface area contributed by atoms with Crippen LogP contribution in [0, 0.1) is 0 Å². The second-order valence-corrected chi connectivity index (χ2v) is 6.31. The molecule has 1 unspecified atom stereocenters. The summed E-state index contributed by atoms with van der Waals surface area (Å²) < 4.78 is 11.3. The molecule has 1 N–H and O–H groups in total. The Kier molecular flexibility index (Phi) is 5.76. The van der Waals surface area contributed by atoms with Gasteiger partial charge in [-0.15, -0.1) is 12.4 Å². The van der Waals surface area contributed by atoms with Gasteiger partial charge in [0.25, 0.3) is 5.89 Å². The Balaban J connectivity index is 0.00000196. The van der Waals surface area contributed by atoms with Crippen LogP contribution in [0.25, 0.3) is 23.1 Å². The number of fused-ring (bicyclic) bond motifs is 1. The predicted molar refractivity (Wildman–Crippen MR) is 104 cm³/mol. The van der Waals surface area contributed by atoms with Crippen LogP contribution in [-0.4, -0.2) is 41.7 Å². The maximum absolute atomic E-state index is 5.92. The molecule has 0 bridgehead atoms. The average molecular weight is 375 g/mol. The molecular weight excluding hydrogens is 352 g/mol. The van der Waals surface area contributed by atoms with Crippen molar-refractivity contribution in [1.29, 1.82) is 0 Å². The smallest absolute Gasteiger partial charge is 0.250 e. The second-order valence-electron chi connectivity index (χ2n) is 6.31. The van der Waals surface area contributed by atoms with E-state index < -0.39 is 0 Å². The van der Waals surface area contributed by atoms with Gasteiger partial charge >= 0.3 is 0 Å². The van der Waals surface area contributed by atoms with E-state index in [4.69, 9.17) is 8.94 Å². The Morgan fingerprint density at radius 1 is 1.31 bits per heavy atom. The summed E-state index contributed by atoms with van der Waals surface area (Å²) in [4.78, 5) is 6.79. The number of nitrogens with one attached hydrogen (secondary N) is 1. The third-order valence-electron chi connectivity index (χ3n) is 4.69. The molecule has 0 radical (unpaired) electrons. The zero-order valence-corrected chi connectivity index (χ0v) is 15.8. The zero-order valence-electron chi connectivity index (χ0n) is 14.9. The molecule has 26 heavy (non-hydrogen) atoms. The fourth-order valence-electron chi connectivity index (χ4n) is 3.26. The molecule has 6 nitrogen and oxygen atoms in total. The lowest BCUT2D eigenvalue weighted by Crippen LogP contribution is -2.44. The van der Waals surface area contributed by atoms with Crippen molar-refractivity contribution in [1.82, 2.24) is 20.4 Å². The summed E-state index contributed by atoms with van der Waals surface area (Å²) in [5, 5.41) is 8.62. The molecule has 7 heteroatoms. The second kappa shape index (κ2) is 8.03. The highest BCUT2D eigenvalue weighted by Crippen LogP contribution is 2.28. The molecule has 0 aliphatic carbocycles. The van der Waals surface area contributed by atoms with E-state index in [-0.39, 0.29) is 18.4 Å². The summed E-state index contributed by atoms with van der Waals surface area (Å²) in [6, 6.07) is 8.21. The molecule has 1 saturated heterocycles. The fourth-order valence-corrected chi connectivity index (χ4v) is 3.26. The molecule has 1 aliphatic rings. The Hall–Kier alpha value is -2.15. The molecule has 2 aromatic heterocycles. The van der Waals surface area contributed by atoms with Crippen LogP contribution >= 0.6 is 12.4 Å². The van der Waals surface area contributed by atoms with Crippen molar-refractivity contribution in [2.24, 2.45) is 0 Å². The van der Waals surface area contributed by atoms with Crippen LogP contribution in [0.1, 0.15) is 36.0 Å². The van der Waals surface area contributed by atoms with Crippen LogP contribution in [0.4, 0.5) is 0 Å². The van der Waals surface area contributed by atoms with Gasteiger partial charge in [-0.05, 0) is 19.2 Å². The van der Waals surface area contributed by atoms with Crippen LogP contribution < -0.4 is 5.32 Å². The van der Waals surface area contributed by atoms with Gasteiger partial charge in [0.2, 0.25) is 0 Å². The van der Waals surface area contributed by atoms with Gasteiger partial charge in [0.1, 0.15) is 11.3 Å². The number of benzene rings is 1. The highest BCUT2D eigenvalue weighted by molar-refractivity contribution is 5.90. The van der Waals surface area contributed by atoms with Crippen molar-refractivity contribution in [2.45, 2.75) is 19.4 Å². The quantitative estimate of drug-likeness (QED) is 0.753. The lowest BCUT2D eigenvalue weighted by molar-refractivity contribution is 0.190. The summed E-state index contributed by atoms with van der Waals surface area (Å²) in [6.07, 6.45) is 4.70. The van der Waals surface area contributed by atoms with Crippen molar-refractivity contribution in [2.75, 3.05) is 26.7 Å². The van der Waals surface area contributed by atoms with Crippen molar-refractivity contribution in [3.8, 4) is 0 Å². The molecule has 1 aliphatic heterocycles. The largest absolute Gasteiger partial charge is 0.460 e. The van der Waals surface area contributed by atoms with Gasteiger partial charge in [-0.3, -0.25) is 4.90 Å². The average Bonchev–Trinajstić information content (AvgIpc) is 3.24. The van der Waals surface area contributed by atoms with E-state index >= 15 is 0 Å². The zero-order chi connectivity index (χ0) is 17.2. The lowest BCUT2D eigenvalue weighted by atomic mass is 10.1. The first-order valence-corrected chi connectivity index (χ1v) is 8.69. The minimum absolute atomic E-state index is 0. The molecule has 1 aromatic carbocycles. The molecular formula is C19H23ClN4O2. The Bertz CT molecular complexity index is 902. The van der Waals surface area contributed by atoms with Crippen LogP contribution in [-0.2, 0) is 6.42 Å². The first-order valence-electron chi connectivity index (χ1n) is 8.69. The number of aromatic nitrogens is 2. The molecule has 0 spiro atoms. The SMILES string of the molecule is CCc1oc2ccccc2c1/C=C/c1nc(C2CNCCN2C)no1.Cl. The number of likely N-dealkylation sites (N-methyl/N-ethyl adjacent to an activating group) is 1. The van der Waals surface area contributed by atoms with E-state index in [1.807, 2.05) is 30.4 Å². The van der Waals surface area contributed by atoms with E-state index in [1.54, 1.807) is 0 Å². The van der Waals surface area contributed by atoms with Gasteiger partial charge in [-0.25, -0.2) is 0 Å². The molecule has 3 aromatic rings. The predicted octanol–water partition coefficient (Wildman–Crippen LogP) is 3.55. The number of para-hydroxylation sites is 1. The Morgan fingerprint density at radius 3 is 2.96 bits per heavy atom. The summed E-state index contributed by atoms with van der Waals surface area (Å²) in [5.41, 5.74) is 1.98. The van der Waals surface area contributed by atoms with Gasteiger partial charge in [0, 0.05) is 43.1 Å². The van der Waals surface area contributed by atoms with E-state index in [1.165, 1.54) is 0 Å². The van der Waals surface area contributed by atoms with Crippen LogP contribution in [0.5, 0.6) is 0 Å². The van der Waals surface area contributed by atoms with E-state index in [0.717, 1.165) is 54.2 Å². The first-order chi connectivity index (χ1) is 12.3. The molecule has 0 saturated carbocycles. The standard InChI is InChI=1S/C19H22N4O2.ClH/c1-3-16-14(13-6-4-5-7-17(13)24-16)8-9-18-21-19(22-25-18)15-12-20-10-11-23(15)2;/h4-9,15,20H,3,10-12H2,1-2H3;1H/b9-8+;. The van der Waals surface area contributed by atoms with Crippen molar-refractivity contribution in [3.05, 3.63) is 47.3 Å². The number of rotatable bonds is 4. The number of aryl methyl sites for hydroxylation is 1. The lowest BCUT2D eigenvalue weighted by Gasteiger charge is -2.30.